The zero-order chi connectivity index (χ0) is 28.8. The summed E-state index contributed by atoms with van der Waals surface area (Å²) < 4.78 is 4.94. The van der Waals surface area contributed by atoms with E-state index in [1.807, 2.05) is 0 Å². The molecule has 3 aromatic heterocycles. The third kappa shape index (κ3) is 3.14. The van der Waals surface area contributed by atoms with Gasteiger partial charge in [0.25, 0.3) is 0 Å². The largest absolute Gasteiger partial charge is 0.309 e. The minimum atomic E-state index is 1.17. The highest BCUT2D eigenvalue weighted by molar-refractivity contribution is 6.33. The van der Waals surface area contributed by atoms with E-state index in [4.69, 9.17) is 0 Å². The van der Waals surface area contributed by atoms with Gasteiger partial charge in [0.05, 0.1) is 27.6 Å². The maximum Gasteiger partial charge on any atom is 0.0641 e. The minimum Gasteiger partial charge on any atom is -0.309 e. The molecule has 10 rings (SSSR count). The van der Waals surface area contributed by atoms with Crippen LogP contribution in [0.15, 0.2) is 158 Å². The fourth-order valence-electron chi connectivity index (χ4n) is 7.54. The van der Waals surface area contributed by atoms with Crippen LogP contribution in [-0.2, 0) is 0 Å². The van der Waals surface area contributed by atoms with Crippen molar-refractivity contribution in [1.29, 1.82) is 0 Å². The van der Waals surface area contributed by atoms with Crippen LogP contribution in [0.1, 0.15) is 0 Å². The second-order valence-electron chi connectivity index (χ2n) is 11.8. The van der Waals surface area contributed by atoms with E-state index < -0.39 is 0 Å². The number of rotatable bonds is 3. The van der Waals surface area contributed by atoms with Crippen molar-refractivity contribution in [2.45, 2.75) is 0 Å². The summed E-state index contributed by atoms with van der Waals surface area (Å²) in [5.74, 6) is 0. The number of benzene rings is 7. The van der Waals surface area contributed by atoms with Crippen LogP contribution in [0.25, 0.3) is 87.8 Å². The number of para-hydroxylation sites is 2. The summed E-state index contributed by atoms with van der Waals surface area (Å²) >= 11 is 0. The number of aromatic nitrogens is 2. The van der Waals surface area contributed by atoms with Gasteiger partial charge in [0.1, 0.15) is 0 Å². The summed E-state index contributed by atoms with van der Waals surface area (Å²) in [7, 11) is 0. The van der Waals surface area contributed by atoms with Crippen molar-refractivity contribution in [2.75, 3.05) is 0 Å². The Hall–Kier alpha value is -5.86. The van der Waals surface area contributed by atoms with Gasteiger partial charge in [-0.05, 0) is 64.0 Å². The average Bonchev–Trinajstić information content (AvgIpc) is 3.57. The highest BCUT2D eigenvalue weighted by Crippen LogP contribution is 2.45. The van der Waals surface area contributed by atoms with Crippen molar-refractivity contribution in [3.8, 4) is 27.9 Å². The van der Waals surface area contributed by atoms with E-state index in [-0.39, 0.29) is 0 Å². The molecule has 0 aliphatic rings. The Morgan fingerprint density at radius 3 is 1.48 bits per heavy atom. The van der Waals surface area contributed by atoms with Crippen molar-refractivity contribution >= 4 is 59.9 Å². The van der Waals surface area contributed by atoms with Crippen LogP contribution in [0.5, 0.6) is 0 Å². The molecule has 10 aromatic rings. The van der Waals surface area contributed by atoms with Gasteiger partial charge in [-0.1, -0.05) is 121 Å². The molecule has 0 N–H and O–H groups in total. The summed E-state index contributed by atoms with van der Waals surface area (Å²) in [5, 5.41) is 7.79. The molecule has 0 fully saturated rings. The van der Waals surface area contributed by atoms with Crippen LogP contribution < -0.4 is 0 Å². The van der Waals surface area contributed by atoms with E-state index >= 15 is 0 Å². The minimum absolute atomic E-state index is 1.17. The first kappa shape index (κ1) is 23.7. The molecule has 3 heterocycles. The number of hydrogen-bond donors (Lipinski definition) is 0. The van der Waals surface area contributed by atoms with Gasteiger partial charge in [0.15, 0.2) is 0 Å². The van der Waals surface area contributed by atoms with Crippen molar-refractivity contribution in [3.63, 3.8) is 0 Å². The smallest absolute Gasteiger partial charge is 0.0641 e. The predicted molar refractivity (Wildman–Crippen MR) is 186 cm³/mol. The lowest BCUT2D eigenvalue weighted by molar-refractivity contribution is 1.18. The highest BCUT2D eigenvalue weighted by Gasteiger charge is 2.22. The van der Waals surface area contributed by atoms with Gasteiger partial charge in [-0.2, -0.15) is 0 Å². The number of hydrogen-bond acceptors (Lipinski definition) is 0. The molecule has 2 heteroatoms. The normalized spacial score (nSPS) is 12.1. The Bertz CT molecular complexity index is 2670. The topological polar surface area (TPSA) is 9.34 Å². The lowest BCUT2D eigenvalue weighted by Gasteiger charge is -2.11. The summed E-state index contributed by atoms with van der Waals surface area (Å²) in [5.41, 5.74) is 12.3. The van der Waals surface area contributed by atoms with E-state index in [9.17, 15) is 0 Å². The van der Waals surface area contributed by atoms with Crippen LogP contribution >= 0.6 is 0 Å². The molecular weight excluding hydrogens is 532 g/mol. The van der Waals surface area contributed by atoms with E-state index in [0.29, 0.717) is 0 Å². The van der Waals surface area contributed by atoms with E-state index in [2.05, 4.69) is 167 Å². The number of nitrogens with zero attached hydrogens (tertiary/aromatic N) is 2. The maximum atomic E-state index is 2.49. The Balaban J connectivity index is 1.23. The zero-order valence-corrected chi connectivity index (χ0v) is 23.9. The van der Waals surface area contributed by atoms with Gasteiger partial charge in [0, 0.05) is 32.6 Å². The molecule has 0 spiro atoms. The summed E-state index contributed by atoms with van der Waals surface area (Å²) in [4.78, 5) is 0. The summed E-state index contributed by atoms with van der Waals surface area (Å²) in [6.07, 6.45) is 0. The molecule has 0 amide bonds. The Kier molecular flexibility index (Phi) is 4.75. The van der Waals surface area contributed by atoms with Gasteiger partial charge < -0.3 is 8.97 Å². The molecule has 204 valence electrons. The maximum absolute atomic E-state index is 2.49. The van der Waals surface area contributed by atoms with Gasteiger partial charge in [-0.3, -0.25) is 0 Å². The van der Waals surface area contributed by atoms with Gasteiger partial charge >= 0.3 is 0 Å². The Labute approximate surface area is 254 Å². The monoisotopic (exact) mass is 558 g/mol. The average molecular weight is 559 g/mol. The molecule has 7 aromatic carbocycles. The lowest BCUT2D eigenvalue weighted by atomic mass is 10.0. The molecule has 0 aliphatic carbocycles. The second-order valence-corrected chi connectivity index (χ2v) is 11.8. The SMILES string of the molecule is c1ccc(-c2ccc(-c3ccc(-n4c5cccc6c7ccccc7n7c8ccccc8c8ccc4c(c65)c87)cc3)cc2)cc1. The third-order valence-corrected chi connectivity index (χ3v) is 9.47. The molecular formula is C42H26N2. The van der Waals surface area contributed by atoms with Crippen molar-refractivity contribution in [1.82, 2.24) is 8.97 Å². The molecule has 0 unspecified atom stereocenters. The summed E-state index contributed by atoms with van der Waals surface area (Å²) in [6, 6.07) is 57.6. The molecule has 0 saturated heterocycles. The molecule has 0 atom stereocenters. The zero-order valence-electron chi connectivity index (χ0n) is 23.9. The highest BCUT2D eigenvalue weighted by atomic mass is 15.0. The first-order chi connectivity index (χ1) is 21.8. The first-order valence-corrected chi connectivity index (χ1v) is 15.2. The van der Waals surface area contributed by atoms with Crippen molar-refractivity contribution in [2.24, 2.45) is 0 Å². The van der Waals surface area contributed by atoms with E-state index in [1.165, 1.54) is 87.8 Å². The van der Waals surface area contributed by atoms with Crippen molar-refractivity contribution < 1.29 is 0 Å². The molecule has 0 radical (unpaired) electrons. The molecule has 0 aliphatic heterocycles. The number of fused-ring (bicyclic) bond motifs is 6. The van der Waals surface area contributed by atoms with Crippen molar-refractivity contribution in [3.05, 3.63) is 158 Å². The fourth-order valence-corrected chi connectivity index (χ4v) is 7.54. The molecule has 44 heavy (non-hydrogen) atoms. The van der Waals surface area contributed by atoms with Crippen LogP contribution in [0.4, 0.5) is 0 Å². The molecule has 2 nitrogen and oxygen atoms in total. The van der Waals surface area contributed by atoms with Gasteiger partial charge in [0.2, 0.25) is 0 Å². The second kappa shape index (κ2) is 8.82. The van der Waals surface area contributed by atoms with Gasteiger partial charge in [-0.25, -0.2) is 0 Å². The fraction of sp³-hybridized carbons (Fsp3) is 0. The lowest BCUT2D eigenvalue weighted by Crippen LogP contribution is -1.94. The van der Waals surface area contributed by atoms with Crippen LogP contribution in [-0.4, -0.2) is 8.97 Å². The predicted octanol–water partition coefficient (Wildman–Crippen LogP) is 11.3. The Morgan fingerprint density at radius 2 is 0.795 bits per heavy atom. The van der Waals surface area contributed by atoms with E-state index in [1.54, 1.807) is 0 Å². The van der Waals surface area contributed by atoms with Gasteiger partial charge in [-0.15, -0.1) is 0 Å². The molecule has 0 saturated carbocycles. The van der Waals surface area contributed by atoms with E-state index in [0.717, 1.165) is 0 Å². The van der Waals surface area contributed by atoms with Crippen LogP contribution in [0.3, 0.4) is 0 Å². The standard InChI is InChI=1S/C42H26N2/c1-2-9-27(10-3-1)28-17-19-29(20-18-28)30-21-23-31(24-22-30)43-38-16-8-13-34-32-11-4-6-14-36(32)44-37-15-7-5-12-33(37)35-25-26-39(43)41(40(34)38)42(35)44/h1-26H. The van der Waals surface area contributed by atoms with Crippen LogP contribution in [0.2, 0.25) is 0 Å². The quantitative estimate of drug-likeness (QED) is 0.204. The Morgan fingerprint density at radius 1 is 0.295 bits per heavy atom. The summed E-state index contributed by atoms with van der Waals surface area (Å²) in [6.45, 7) is 0. The first-order valence-electron chi connectivity index (χ1n) is 15.2. The third-order valence-electron chi connectivity index (χ3n) is 9.47. The molecule has 0 bridgehead atoms. The van der Waals surface area contributed by atoms with Crippen LogP contribution in [0, 0.1) is 0 Å².